The summed E-state index contributed by atoms with van der Waals surface area (Å²) in [6, 6.07) is 7.46. The molecule has 1 fully saturated rings. The van der Waals surface area contributed by atoms with E-state index in [-0.39, 0.29) is 31.5 Å². The van der Waals surface area contributed by atoms with E-state index in [2.05, 4.69) is 26.6 Å². The Labute approximate surface area is 151 Å². The van der Waals surface area contributed by atoms with Gasteiger partial charge in [0.1, 0.15) is 18.5 Å². The molecular weight excluding hydrogens is 384 g/mol. The second kappa shape index (κ2) is 10.9. The molecule has 5 nitrogen and oxygen atoms in total. The lowest BCUT2D eigenvalue weighted by Gasteiger charge is -2.14. The molecule has 1 aromatic rings. The van der Waals surface area contributed by atoms with Crippen LogP contribution in [0.4, 0.5) is 0 Å². The van der Waals surface area contributed by atoms with Crippen LogP contribution < -0.4 is 15.4 Å². The largest absolute Gasteiger partial charge is 0.490 e. The van der Waals surface area contributed by atoms with Crippen molar-refractivity contribution < 1.29 is 14.6 Å². The van der Waals surface area contributed by atoms with E-state index in [1.54, 1.807) is 0 Å². The zero-order chi connectivity index (χ0) is 15.8. The molecule has 3 N–H and O–H groups in total. The number of para-hydroxylation sites is 1. The molecule has 1 heterocycles. The average molecular weight is 408 g/mol. The maximum atomic E-state index is 11.7. The van der Waals surface area contributed by atoms with E-state index in [0.717, 1.165) is 30.4 Å². The molecule has 1 amide bonds. The van der Waals surface area contributed by atoms with Crippen molar-refractivity contribution in [1.29, 1.82) is 0 Å². The van der Waals surface area contributed by atoms with Crippen LogP contribution in [0.3, 0.4) is 0 Å². The van der Waals surface area contributed by atoms with Gasteiger partial charge < -0.3 is 20.5 Å². The normalized spacial score (nSPS) is 18.1. The van der Waals surface area contributed by atoms with Gasteiger partial charge in [-0.25, -0.2) is 0 Å². The van der Waals surface area contributed by atoms with Crippen molar-refractivity contribution in [2.75, 3.05) is 26.2 Å². The lowest BCUT2D eigenvalue weighted by atomic mass is 10.0. The van der Waals surface area contributed by atoms with Gasteiger partial charge in [-0.2, -0.15) is 0 Å². The van der Waals surface area contributed by atoms with Crippen LogP contribution in [0, 0.1) is 5.92 Å². The number of carbonyl (C=O) groups excluding carboxylic acids is 1. The van der Waals surface area contributed by atoms with Gasteiger partial charge in [0.2, 0.25) is 5.91 Å². The molecule has 2 rings (SSSR count). The summed E-state index contributed by atoms with van der Waals surface area (Å²) >= 11 is 3.38. The molecule has 2 unspecified atom stereocenters. The number of halogens is 2. The van der Waals surface area contributed by atoms with Crippen molar-refractivity contribution in [1.82, 2.24) is 10.6 Å². The van der Waals surface area contributed by atoms with E-state index in [0.29, 0.717) is 18.1 Å². The summed E-state index contributed by atoms with van der Waals surface area (Å²) in [5.74, 6) is 1.28. The molecule has 130 valence electrons. The van der Waals surface area contributed by atoms with E-state index in [1.165, 1.54) is 0 Å². The minimum atomic E-state index is -0.718. The molecule has 0 aliphatic carbocycles. The molecule has 7 heteroatoms. The second-order valence-electron chi connectivity index (χ2n) is 5.60. The van der Waals surface area contributed by atoms with Crippen LogP contribution in [0.15, 0.2) is 28.7 Å². The van der Waals surface area contributed by atoms with Crippen LogP contribution in [0.25, 0.3) is 0 Å². The zero-order valence-electron chi connectivity index (χ0n) is 13.0. The number of amides is 1. The molecule has 0 radical (unpaired) electrons. The van der Waals surface area contributed by atoms with E-state index in [9.17, 15) is 9.90 Å². The second-order valence-corrected chi connectivity index (χ2v) is 6.45. The van der Waals surface area contributed by atoms with Gasteiger partial charge in [0.25, 0.3) is 0 Å². The molecular formula is C16H24BrClN2O3. The fraction of sp³-hybridized carbons (Fsp3) is 0.562. The fourth-order valence-corrected chi connectivity index (χ4v) is 2.82. The first-order valence-electron chi connectivity index (χ1n) is 7.68. The van der Waals surface area contributed by atoms with Crippen molar-refractivity contribution in [3.05, 3.63) is 28.7 Å². The van der Waals surface area contributed by atoms with E-state index in [1.807, 2.05) is 24.3 Å². The van der Waals surface area contributed by atoms with Crippen LogP contribution >= 0.6 is 28.3 Å². The Kier molecular flexibility index (Phi) is 9.55. The number of hydrogen-bond acceptors (Lipinski definition) is 4. The van der Waals surface area contributed by atoms with Crippen molar-refractivity contribution in [2.24, 2.45) is 5.92 Å². The first kappa shape index (κ1) is 20.2. The fourth-order valence-electron chi connectivity index (χ4n) is 2.42. The standard InChI is InChI=1S/C16H23BrN2O3.ClH/c17-14-3-1-2-4-15(14)22-11-13(20)10-19-16(21)6-5-12-7-8-18-9-12;/h1-4,12-13,18,20H,5-11H2,(H,19,21);1H. The zero-order valence-corrected chi connectivity index (χ0v) is 15.4. The Hall–Kier alpha value is -0.820. The molecule has 1 aliphatic rings. The smallest absolute Gasteiger partial charge is 0.220 e. The van der Waals surface area contributed by atoms with Gasteiger partial charge in [-0.3, -0.25) is 4.79 Å². The molecule has 0 saturated carbocycles. The van der Waals surface area contributed by atoms with Crippen molar-refractivity contribution >= 4 is 34.2 Å². The van der Waals surface area contributed by atoms with Crippen LogP contribution in [0.5, 0.6) is 5.75 Å². The number of nitrogens with one attached hydrogen (secondary N) is 2. The maximum Gasteiger partial charge on any atom is 0.220 e. The van der Waals surface area contributed by atoms with Crippen LogP contribution in [-0.2, 0) is 4.79 Å². The molecule has 0 spiro atoms. The summed E-state index contributed by atoms with van der Waals surface area (Å²) in [4.78, 5) is 11.7. The molecule has 23 heavy (non-hydrogen) atoms. The van der Waals surface area contributed by atoms with Gasteiger partial charge in [0.05, 0.1) is 4.47 Å². The summed E-state index contributed by atoms with van der Waals surface area (Å²) in [7, 11) is 0. The SMILES string of the molecule is Cl.O=C(CCC1CCNC1)NCC(O)COc1ccccc1Br. The molecule has 1 aromatic carbocycles. The van der Waals surface area contributed by atoms with Gasteiger partial charge in [0.15, 0.2) is 0 Å². The van der Waals surface area contributed by atoms with Crippen LogP contribution in [-0.4, -0.2) is 43.4 Å². The van der Waals surface area contributed by atoms with Gasteiger partial charge in [0, 0.05) is 13.0 Å². The number of rotatable bonds is 8. The maximum absolute atomic E-state index is 11.7. The highest BCUT2D eigenvalue weighted by molar-refractivity contribution is 9.10. The summed E-state index contributed by atoms with van der Waals surface area (Å²) in [5.41, 5.74) is 0. The Morgan fingerprint density at radius 1 is 1.48 bits per heavy atom. The number of aliphatic hydroxyl groups excluding tert-OH is 1. The topological polar surface area (TPSA) is 70.6 Å². The number of carbonyl (C=O) groups is 1. The van der Waals surface area contributed by atoms with E-state index < -0.39 is 6.10 Å². The highest BCUT2D eigenvalue weighted by Crippen LogP contribution is 2.23. The van der Waals surface area contributed by atoms with E-state index in [4.69, 9.17) is 4.74 Å². The van der Waals surface area contributed by atoms with Gasteiger partial charge in [-0.15, -0.1) is 12.4 Å². The third kappa shape index (κ3) is 7.52. The molecule has 1 aliphatic heterocycles. The van der Waals surface area contributed by atoms with Crippen LogP contribution in [0.1, 0.15) is 19.3 Å². The molecule has 0 aromatic heterocycles. The Balaban J connectivity index is 0.00000264. The predicted molar refractivity (Wildman–Crippen MR) is 96.1 cm³/mol. The minimum Gasteiger partial charge on any atom is -0.490 e. The summed E-state index contributed by atoms with van der Waals surface area (Å²) in [6.45, 7) is 2.43. The van der Waals surface area contributed by atoms with Crippen molar-refractivity contribution in [2.45, 2.75) is 25.4 Å². The molecule has 1 saturated heterocycles. The first-order chi connectivity index (χ1) is 10.6. The Bertz CT molecular complexity index is 484. The number of benzene rings is 1. The molecule has 0 bridgehead atoms. The number of hydrogen-bond donors (Lipinski definition) is 3. The van der Waals surface area contributed by atoms with Crippen LogP contribution in [0.2, 0.25) is 0 Å². The van der Waals surface area contributed by atoms with E-state index >= 15 is 0 Å². The summed E-state index contributed by atoms with van der Waals surface area (Å²) < 4.78 is 6.36. The van der Waals surface area contributed by atoms with Gasteiger partial charge in [-0.1, -0.05) is 12.1 Å². The van der Waals surface area contributed by atoms with Crippen molar-refractivity contribution in [3.63, 3.8) is 0 Å². The highest BCUT2D eigenvalue weighted by atomic mass is 79.9. The predicted octanol–water partition coefficient (Wildman–Crippen LogP) is 2.12. The number of aliphatic hydroxyl groups is 1. The quantitative estimate of drug-likeness (QED) is 0.617. The highest BCUT2D eigenvalue weighted by Gasteiger charge is 2.16. The first-order valence-corrected chi connectivity index (χ1v) is 8.47. The Morgan fingerprint density at radius 3 is 2.96 bits per heavy atom. The average Bonchev–Trinajstić information content (AvgIpc) is 3.03. The summed E-state index contributed by atoms with van der Waals surface area (Å²) in [6.07, 6.45) is 1.85. The number of ether oxygens (including phenoxy) is 1. The lowest BCUT2D eigenvalue weighted by molar-refractivity contribution is -0.121. The summed E-state index contributed by atoms with van der Waals surface area (Å²) in [5, 5.41) is 15.9. The third-order valence-corrected chi connectivity index (χ3v) is 4.40. The monoisotopic (exact) mass is 406 g/mol. The van der Waals surface area contributed by atoms with Crippen molar-refractivity contribution in [3.8, 4) is 5.75 Å². The lowest BCUT2D eigenvalue weighted by Crippen LogP contribution is -2.35. The van der Waals surface area contributed by atoms with Gasteiger partial charge >= 0.3 is 0 Å². The molecule has 2 atom stereocenters. The Morgan fingerprint density at radius 2 is 2.26 bits per heavy atom. The van der Waals surface area contributed by atoms with Gasteiger partial charge in [-0.05, 0) is 59.9 Å². The minimum absolute atomic E-state index is 0. The third-order valence-electron chi connectivity index (χ3n) is 3.74.